The van der Waals surface area contributed by atoms with E-state index in [1.807, 2.05) is 24.3 Å². The van der Waals surface area contributed by atoms with Gasteiger partial charge in [-0.05, 0) is 24.1 Å². The number of amides is 1. The van der Waals surface area contributed by atoms with Gasteiger partial charge < -0.3 is 15.3 Å². The molecule has 1 atom stereocenters. The Bertz CT molecular complexity index is 546. The second-order valence-corrected chi connectivity index (χ2v) is 6.91. The van der Waals surface area contributed by atoms with Gasteiger partial charge in [0, 0.05) is 43.4 Å². The summed E-state index contributed by atoms with van der Waals surface area (Å²) >= 11 is 11.6. The molecule has 0 radical (unpaired) electrons. The number of nitrogens with one attached hydrogen (secondary N) is 1. The Labute approximate surface area is 165 Å². The molecule has 0 spiro atoms. The highest BCUT2D eigenvalue weighted by Gasteiger charge is 2.20. The zero-order chi connectivity index (χ0) is 19.4. The third-order valence-electron chi connectivity index (χ3n) is 4.09. The molecule has 0 saturated heterocycles. The highest BCUT2D eigenvalue weighted by Crippen LogP contribution is 2.17. The lowest BCUT2D eigenvalue weighted by Gasteiger charge is -2.23. The van der Waals surface area contributed by atoms with Crippen molar-refractivity contribution in [3.05, 3.63) is 29.8 Å². The van der Waals surface area contributed by atoms with Gasteiger partial charge >= 0.3 is 5.97 Å². The molecule has 7 heteroatoms. The maximum Gasteiger partial charge on any atom is 0.326 e. The minimum Gasteiger partial charge on any atom is -0.480 e. The van der Waals surface area contributed by atoms with Crippen molar-refractivity contribution in [2.24, 2.45) is 0 Å². The Morgan fingerprint density at radius 2 is 1.73 bits per heavy atom. The van der Waals surface area contributed by atoms with Crippen molar-refractivity contribution in [2.75, 3.05) is 29.7 Å². The number of carboxylic acid groups (broad SMARTS) is 1. The average molecular weight is 403 g/mol. The van der Waals surface area contributed by atoms with Crippen LogP contribution in [0.15, 0.2) is 24.3 Å². The highest BCUT2D eigenvalue weighted by molar-refractivity contribution is 6.18. The van der Waals surface area contributed by atoms with Gasteiger partial charge in [0.25, 0.3) is 0 Å². The maximum atomic E-state index is 11.9. The molecule has 0 aliphatic heterocycles. The molecule has 0 bridgehead atoms. The van der Waals surface area contributed by atoms with Crippen molar-refractivity contribution in [1.82, 2.24) is 5.32 Å². The van der Waals surface area contributed by atoms with Crippen molar-refractivity contribution in [3.8, 4) is 0 Å². The van der Waals surface area contributed by atoms with Crippen LogP contribution in [-0.4, -0.2) is 47.9 Å². The molecule has 0 unspecified atom stereocenters. The van der Waals surface area contributed by atoms with Crippen LogP contribution in [0.25, 0.3) is 0 Å². The monoisotopic (exact) mass is 402 g/mol. The molecule has 2 N–H and O–H groups in total. The number of hydrogen-bond donors (Lipinski definition) is 2. The summed E-state index contributed by atoms with van der Waals surface area (Å²) in [6.07, 6.45) is 3.38. The van der Waals surface area contributed by atoms with E-state index in [1.165, 1.54) is 0 Å². The molecule has 5 nitrogen and oxygen atoms in total. The van der Waals surface area contributed by atoms with Crippen LogP contribution in [0.1, 0.15) is 38.2 Å². The Kier molecular flexibility index (Phi) is 11.1. The van der Waals surface area contributed by atoms with Crippen LogP contribution in [0.5, 0.6) is 0 Å². The number of aliphatic carboxylic acids is 1. The van der Waals surface area contributed by atoms with E-state index in [2.05, 4.69) is 17.1 Å². The molecule has 0 aliphatic carbocycles. The summed E-state index contributed by atoms with van der Waals surface area (Å²) in [4.78, 5) is 25.4. The summed E-state index contributed by atoms with van der Waals surface area (Å²) in [5.41, 5.74) is 1.84. The predicted molar refractivity (Wildman–Crippen MR) is 108 cm³/mol. The van der Waals surface area contributed by atoms with Crippen molar-refractivity contribution in [2.45, 2.75) is 45.1 Å². The van der Waals surface area contributed by atoms with Crippen LogP contribution in [0, 0.1) is 0 Å². The number of rotatable bonds is 13. The lowest BCUT2D eigenvalue weighted by molar-refractivity contribution is -0.141. The van der Waals surface area contributed by atoms with Crippen LogP contribution in [0.2, 0.25) is 0 Å². The maximum absolute atomic E-state index is 11.9. The van der Waals surface area contributed by atoms with E-state index in [1.54, 1.807) is 0 Å². The molecule has 0 heterocycles. The molecule has 1 aromatic rings. The van der Waals surface area contributed by atoms with Gasteiger partial charge in [0.15, 0.2) is 0 Å². The van der Waals surface area contributed by atoms with Gasteiger partial charge in [0.2, 0.25) is 5.91 Å². The highest BCUT2D eigenvalue weighted by atomic mass is 35.5. The normalized spacial score (nSPS) is 11.8. The minimum atomic E-state index is -1.02. The zero-order valence-electron chi connectivity index (χ0n) is 15.2. The number of carbonyl (C=O) groups is 2. The van der Waals surface area contributed by atoms with Crippen LogP contribution in [-0.2, 0) is 16.0 Å². The molecule has 0 aliphatic rings. The van der Waals surface area contributed by atoms with Crippen molar-refractivity contribution in [1.29, 1.82) is 0 Å². The number of unbranched alkanes of at least 4 members (excludes halogenated alkanes) is 2. The van der Waals surface area contributed by atoms with Gasteiger partial charge in [-0.25, -0.2) is 4.79 Å². The number of halogens is 2. The number of carboxylic acids is 1. The molecule has 1 aromatic carbocycles. The van der Waals surface area contributed by atoms with Crippen LogP contribution in [0.4, 0.5) is 5.69 Å². The lowest BCUT2D eigenvalue weighted by Crippen LogP contribution is -2.42. The number of alkyl halides is 2. The second kappa shape index (κ2) is 12.8. The lowest BCUT2D eigenvalue weighted by atomic mass is 10.0. The number of carbonyl (C=O) groups excluding carboxylic acids is 1. The Morgan fingerprint density at radius 1 is 1.12 bits per heavy atom. The molecule has 0 saturated carbocycles. The fraction of sp³-hybridized carbons (Fsp3) is 0.579. The topological polar surface area (TPSA) is 69.6 Å². The van der Waals surface area contributed by atoms with E-state index >= 15 is 0 Å². The van der Waals surface area contributed by atoms with Gasteiger partial charge in [-0.3, -0.25) is 4.79 Å². The zero-order valence-corrected chi connectivity index (χ0v) is 16.7. The molecule has 26 heavy (non-hydrogen) atoms. The summed E-state index contributed by atoms with van der Waals surface area (Å²) in [7, 11) is 0. The fourth-order valence-electron chi connectivity index (χ4n) is 2.65. The van der Waals surface area contributed by atoms with Gasteiger partial charge in [-0.2, -0.15) is 0 Å². The van der Waals surface area contributed by atoms with E-state index in [-0.39, 0.29) is 12.3 Å². The molecule has 0 aromatic heterocycles. The van der Waals surface area contributed by atoms with Crippen LogP contribution in [0.3, 0.4) is 0 Å². The van der Waals surface area contributed by atoms with Crippen molar-refractivity contribution >= 4 is 40.8 Å². The van der Waals surface area contributed by atoms with E-state index in [0.717, 1.165) is 30.5 Å². The standard InChI is InChI=1S/C19H28Cl2N2O3/c1-2-3-4-5-18(24)22-17(19(25)26)14-15-6-8-16(9-7-15)23(12-10-20)13-11-21/h6-9,17H,2-5,10-14H2,1H3,(H,22,24)(H,25,26)/t17-/m0/s1. The first-order chi connectivity index (χ1) is 12.5. The molecule has 146 valence electrons. The van der Waals surface area contributed by atoms with E-state index in [4.69, 9.17) is 23.2 Å². The van der Waals surface area contributed by atoms with Gasteiger partial charge in [0.05, 0.1) is 0 Å². The van der Waals surface area contributed by atoms with Gasteiger partial charge in [-0.15, -0.1) is 23.2 Å². The number of nitrogens with zero attached hydrogens (tertiary/aromatic N) is 1. The van der Waals surface area contributed by atoms with Crippen molar-refractivity contribution < 1.29 is 14.7 Å². The van der Waals surface area contributed by atoms with E-state index in [9.17, 15) is 14.7 Å². The quantitative estimate of drug-likeness (QED) is 0.390. The fourth-order valence-corrected chi connectivity index (χ4v) is 3.06. The SMILES string of the molecule is CCCCCC(=O)N[C@@H](Cc1ccc(N(CCCl)CCCl)cc1)C(=O)O. The first kappa shape index (κ1) is 22.6. The first-order valence-corrected chi connectivity index (χ1v) is 10.1. The summed E-state index contributed by atoms with van der Waals surface area (Å²) in [6, 6.07) is 6.69. The Hall–Kier alpha value is -1.46. The number of hydrogen-bond acceptors (Lipinski definition) is 3. The molecular formula is C19H28Cl2N2O3. The van der Waals surface area contributed by atoms with Gasteiger partial charge in [-0.1, -0.05) is 31.9 Å². The molecule has 0 fully saturated rings. The largest absolute Gasteiger partial charge is 0.480 e. The summed E-state index contributed by atoms with van der Waals surface area (Å²) < 4.78 is 0. The molecule has 1 rings (SSSR count). The van der Waals surface area contributed by atoms with E-state index < -0.39 is 12.0 Å². The van der Waals surface area contributed by atoms with E-state index in [0.29, 0.717) is 31.3 Å². The summed E-state index contributed by atoms with van der Waals surface area (Å²) in [5, 5.41) is 12.0. The van der Waals surface area contributed by atoms with Crippen LogP contribution >= 0.6 is 23.2 Å². The Balaban J connectivity index is 2.68. The van der Waals surface area contributed by atoms with Crippen LogP contribution < -0.4 is 10.2 Å². The number of anilines is 1. The predicted octanol–water partition coefficient (Wildman–Crippen LogP) is 3.66. The first-order valence-electron chi connectivity index (χ1n) is 8.99. The average Bonchev–Trinajstić information content (AvgIpc) is 2.62. The molecule has 1 amide bonds. The van der Waals surface area contributed by atoms with Gasteiger partial charge in [0.1, 0.15) is 6.04 Å². The minimum absolute atomic E-state index is 0.210. The third kappa shape index (κ3) is 8.28. The van der Waals surface area contributed by atoms with Crippen molar-refractivity contribution in [3.63, 3.8) is 0 Å². The second-order valence-electron chi connectivity index (χ2n) is 6.15. The molecular weight excluding hydrogens is 375 g/mol. The smallest absolute Gasteiger partial charge is 0.326 e. The summed E-state index contributed by atoms with van der Waals surface area (Å²) in [6.45, 7) is 3.45. The Morgan fingerprint density at radius 3 is 2.23 bits per heavy atom. The number of benzene rings is 1. The summed E-state index contributed by atoms with van der Waals surface area (Å²) in [5.74, 6) is -0.227. The third-order valence-corrected chi connectivity index (χ3v) is 4.43.